The molecule has 0 unspecified atom stereocenters. The molecule has 0 fully saturated rings. The zero-order valence-corrected chi connectivity index (χ0v) is 15.0. The molecule has 0 N–H and O–H groups in total. The maximum absolute atomic E-state index is 13.8. The molecule has 126 valence electrons. The van der Waals surface area contributed by atoms with E-state index < -0.39 is 5.82 Å². The Morgan fingerprint density at radius 1 is 1.24 bits per heavy atom. The summed E-state index contributed by atoms with van der Waals surface area (Å²) < 4.78 is 25.1. The van der Waals surface area contributed by atoms with Crippen LogP contribution in [0.4, 0.5) is 4.39 Å². The molecule has 1 aromatic carbocycles. The van der Waals surface area contributed by atoms with Crippen LogP contribution in [0.2, 0.25) is 4.34 Å². The lowest BCUT2D eigenvalue weighted by Crippen LogP contribution is -1.92. The van der Waals surface area contributed by atoms with Crippen LogP contribution in [0.15, 0.2) is 45.3 Å². The molecule has 0 bridgehead atoms. The molecule has 0 atom stereocenters. The lowest BCUT2D eigenvalue weighted by molar-refractivity contribution is 0.387. The molecule has 0 aliphatic carbocycles. The summed E-state index contributed by atoms with van der Waals surface area (Å²) in [5.74, 6) is 0.00397. The summed E-state index contributed by atoms with van der Waals surface area (Å²) >= 11 is 8.43. The molecule has 0 amide bonds. The first-order chi connectivity index (χ1) is 12.1. The molecule has 0 spiro atoms. The van der Waals surface area contributed by atoms with Crippen molar-refractivity contribution in [1.82, 2.24) is 20.2 Å². The first-order valence-electron chi connectivity index (χ1n) is 6.89. The Bertz CT molecular complexity index is 1070. The van der Waals surface area contributed by atoms with E-state index in [0.29, 0.717) is 31.4 Å². The van der Waals surface area contributed by atoms with Crippen molar-refractivity contribution in [3.8, 4) is 16.5 Å². The van der Waals surface area contributed by atoms with Gasteiger partial charge in [0.1, 0.15) is 11.4 Å². The van der Waals surface area contributed by atoms with Crippen molar-refractivity contribution in [2.75, 3.05) is 7.11 Å². The number of hydrogen-bond donors (Lipinski definition) is 0. The summed E-state index contributed by atoms with van der Waals surface area (Å²) in [5.41, 5.74) is 0.459. The summed E-state index contributed by atoms with van der Waals surface area (Å²) in [6.45, 7) is 0. The number of thiophene rings is 1. The molecule has 25 heavy (non-hydrogen) atoms. The van der Waals surface area contributed by atoms with Gasteiger partial charge in [-0.3, -0.25) is 0 Å². The van der Waals surface area contributed by atoms with Gasteiger partial charge in [0.2, 0.25) is 0 Å². The van der Waals surface area contributed by atoms with E-state index in [0.717, 1.165) is 4.88 Å². The first-order valence-corrected chi connectivity index (χ1v) is 8.90. The number of benzene rings is 1. The van der Waals surface area contributed by atoms with Gasteiger partial charge in [0.15, 0.2) is 11.6 Å². The van der Waals surface area contributed by atoms with Gasteiger partial charge < -0.3 is 9.15 Å². The number of aromatic nitrogens is 4. The number of ether oxygens (including phenoxy) is 1. The van der Waals surface area contributed by atoms with E-state index >= 15 is 0 Å². The normalized spacial score (nSPS) is 11.2. The predicted octanol–water partition coefficient (Wildman–Crippen LogP) is 4.69. The van der Waals surface area contributed by atoms with Crippen molar-refractivity contribution < 1.29 is 13.5 Å². The van der Waals surface area contributed by atoms with Crippen molar-refractivity contribution >= 4 is 45.6 Å². The first kappa shape index (κ1) is 16.2. The van der Waals surface area contributed by atoms with Crippen molar-refractivity contribution in [3.05, 3.63) is 40.7 Å². The molecule has 0 radical (unpaired) electrons. The molecule has 0 aliphatic heterocycles. The van der Waals surface area contributed by atoms with E-state index in [4.69, 9.17) is 20.8 Å². The van der Waals surface area contributed by atoms with Gasteiger partial charge in [0, 0.05) is 11.5 Å². The smallest absolute Gasteiger partial charge is 0.283 e. The van der Waals surface area contributed by atoms with Crippen LogP contribution in [0, 0.1) is 5.82 Å². The van der Waals surface area contributed by atoms with Crippen LogP contribution in [-0.2, 0) is 0 Å². The molecule has 0 saturated heterocycles. The fraction of sp³-hybridized carbons (Fsp3) is 0.0667. The monoisotopic (exact) mass is 394 g/mol. The molecular formula is C15H8ClFN4O2S2. The van der Waals surface area contributed by atoms with Crippen LogP contribution in [0.3, 0.4) is 0 Å². The van der Waals surface area contributed by atoms with Crippen molar-refractivity contribution in [1.29, 1.82) is 0 Å². The van der Waals surface area contributed by atoms with E-state index in [-0.39, 0.29) is 5.75 Å². The minimum Gasteiger partial charge on any atom is -0.494 e. The highest BCUT2D eigenvalue weighted by Crippen LogP contribution is 2.36. The van der Waals surface area contributed by atoms with Gasteiger partial charge >= 0.3 is 0 Å². The predicted molar refractivity (Wildman–Crippen MR) is 92.8 cm³/mol. The zero-order chi connectivity index (χ0) is 17.4. The van der Waals surface area contributed by atoms with E-state index in [9.17, 15) is 4.39 Å². The zero-order valence-electron chi connectivity index (χ0n) is 12.6. The Labute approximate surface area is 154 Å². The van der Waals surface area contributed by atoms with Crippen LogP contribution in [-0.4, -0.2) is 27.3 Å². The summed E-state index contributed by atoms with van der Waals surface area (Å²) in [6.07, 6.45) is 1.35. The molecule has 3 heterocycles. The van der Waals surface area contributed by atoms with Crippen LogP contribution < -0.4 is 4.74 Å². The molecule has 4 rings (SSSR count). The van der Waals surface area contributed by atoms with E-state index in [1.807, 2.05) is 6.07 Å². The van der Waals surface area contributed by atoms with Gasteiger partial charge in [-0.05, 0) is 30.0 Å². The topological polar surface area (TPSA) is 73.9 Å². The fourth-order valence-corrected chi connectivity index (χ4v) is 3.84. The Balaban J connectivity index is 1.70. The second-order valence-corrected chi connectivity index (χ2v) is 7.42. The SMILES string of the molecule is COc1cc2c(Sc3nnc(-c4ccc(Cl)s4)o3)ncnc2cc1F. The van der Waals surface area contributed by atoms with E-state index in [1.165, 1.54) is 42.6 Å². The Kier molecular flexibility index (Phi) is 4.28. The second-order valence-electron chi connectivity index (χ2n) is 4.76. The van der Waals surface area contributed by atoms with Crippen molar-refractivity contribution in [2.45, 2.75) is 10.2 Å². The van der Waals surface area contributed by atoms with Crippen molar-refractivity contribution in [2.24, 2.45) is 0 Å². The highest BCUT2D eigenvalue weighted by Gasteiger charge is 2.16. The third kappa shape index (κ3) is 3.17. The minimum absolute atomic E-state index is 0.114. The third-order valence-corrected chi connectivity index (χ3v) is 5.32. The minimum atomic E-state index is -0.487. The van der Waals surface area contributed by atoms with E-state index in [1.54, 1.807) is 12.1 Å². The molecule has 4 aromatic rings. The lowest BCUT2D eigenvalue weighted by atomic mass is 10.2. The van der Waals surface area contributed by atoms with Gasteiger partial charge in [0.05, 0.1) is 21.8 Å². The third-order valence-electron chi connectivity index (χ3n) is 3.25. The number of halogens is 2. The molecule has 0 aliphatic rings. The fourth-order valence-electron chi connectivity index (χ4n) is 2.13. The summed E-state index contributed by atoms with van der Waals surface area (Å²) in [4.78, 5) is 9.07. The van der Waals surface area contributed by atoms with Gasteiger partial charge in [-0.2, -0.15) is 0 Å². The number of nitrogens with zero attached hydrogens (tertiary/aromatic N) is 4. The van der Waals surface area contributed by atoms with Crippen molar-refractivity contribution in [3.63, 3.8) is 0 Å². The number of methoxy groups -OCH3 is 1. The van der Waals surface area contributed by atoms with Crippen LogP contribution in [0.25, 0.3) is 21.7 Å². The molecule has 0 saturated carbocycles. The highest BCUT2D eigenvalue weighted by molar-refractivity contribution is 7.99. The van der Waals surface area contributed by atoms with Crippen LogP contribution >= 0.6 is 34.7 Å². The molecular weight excluding hydrogens is 387 g/mol. The van der Waals surface area contributed by atoms with Gasteiger partial charge in [0.25, 0.3) is 11.1 Å². The summed E-state index contributed by atoms with van der Waals surface area (Å²) in [7, 11) is 1.40. The molecule has 3 aromatic heterocycles. The molecule has 10 heteroatoms. The summed E-state index contributed by atoms with van der Waals surface area (Å²) in [5, 5.41) is 9.51. The average molecular weight is 395 g/mol. The Hall–Kier alpha value is -2.23. The largest absolute Gasteiger partial charge is 0.494 e. The Morgan fingerprint density at radius 3 is 2.88 bits per heavy atom. The summed E-state index contributed by atoms with van der Waals surface area (Å²) in [6, 6.07) is 6.41. The van der Waals surface area contributed by atoms with Crippen LogP contribution in [0.1, 0.15) is 0 Å². The Morgan fingerprint density at radius 2 is 2.12 bits per heavy atom. The maximum Gasteiger partial charge on any atom is 0.283 e. The highest BCUT2D eigenvalue weighted by atomic mass is 35.5. The lowest BCUT2D eigenvalue weighted by Gasteiger charge is -2.06. The maximum atomic E-state index is 13.8. The molecule has 6 nitrogen and oxygen atoms in total. The van der Waals surface area contributed by atoms with Gasteiger partial charge in [-0.1, -0.05) is 11.6 Å². The standard InChI is InChI=1S/C15H8ClFN4O2S2/c1-22-10-4-7-9(5-8(10)17)18-6-19-14(7)25-15-21-20-13(23-15)11-2-3-12(16)24-11/h2-6H,1H3. The van der Waals surface area contributed by atoms with E-state index in [2.05, 4.69) is 20.2 Å². The number of hydrogen-bond acceptors (Lipinski definition) is 8. The number of rotatable bonds is 4. The number of fused-ring (bicyclic) bond motifs is 1. The quantitative estimate of drug-likeness (QED) is 0.464. The van der Waals surface area contributed by atoms with Gasteiger partial charge in [-0.25, -0.2) is 14.4 Å². The second kappa shape index (κ2) is 6.58. The van der Waals surface area contributed by atoms with Gasteiger partial charge in [-0.15, -0.1) is 21.5 Å². The van der Waals surface area contributed by atoms with Crippen LogP contribution in [0.5, 0.6) is 5.75 Å². The average Bonchev–Trinajstić information content (AvgIpc) is 3.23.